The van der Waals surface area contributed by atoms with Gasteiger partial charge in [0.25, 0.3) is 0 Å². The molecular formula is C22H25N5OS2. The Labute approximate surface area is 183 Å². The van der Waals surface area contributed by atoms with Crippen LogP contribution in [0.4, 0.5) is 5.69 Å². The van der Waals surface area contributed by atoms with E-state index in [1.165, 1.54) is 11.3 Å². The van der Waals surface area contributed by atoms with Crippen molar-refractivity contribution in [2.45, 2.75) is 37.8 Å². The number of rotatable bonds is 6. The van der Waals surface area contributed by atoms with E-state index in [0.29, 0.717) is 15.6 Å². The van der Waals surface area contributed by atoms with E-state index in [4.69, 9.17) is 10.7 Å². The fourth-order valence-electron chi connectivity index (χ4n) is 3.46. The first-order chi connectivity index (χ1) is 14.4. The number of aromatic nitrogens is 4. The fourth-order valence-corrected chi connectivity index (χ4v) is 6.26. The van der Waals surface area contributed by atoms with Crippen molar-refractivity contribution in [2.24, 2.45) is 7.05 Å². The van der Waals surface area contributed by atoms with Crippen LogP contribution in [0.2, 0.25) is 0 Å². The average Bonchev–Trinajstić information content (AvgIpc) is 3.25. The molecule has 2 N–H and O–H groups in total. The lowest BCUT2D eigenvalue weighted by molar-refractivity contribution is 0.594. The summed E-state index contributed by atoms with van der Waals surface area (Å²) in [5.41, 5.74) is 11.9. The number of pyridine rings is 2. The quantitative estimate of drug-likeness (QED) is 0.433. The van der Waals surface area contributed by atoms with Crippen LogP contribution in [0.25, 0.3) is 32.7 Å². The molecule has 0 spiro atoms. The number of nitrogen functional groups attached to an aromatic ring is 1. The lowest BCUT2D eigenvalue weighted by atomic mass is 10.0. The second kappa shape index (κ2) is 8.37. The van der Waals surface area contributed by atoms with Gasteiger partial charge < -0.3 is 14.9 Å². The van der Waals surface area contributed by atoms with Gasteiger partial charge in [-0.1, -0.05) is 24.7 Å². The summed E-state index contributed by atoms with van der Waals surface area (Å²) >= 11 is 0.303. The van der Waals surface area contributed by atoms with Crippen LogP contribution < -0.4 is 5.73 Å². The molecule has 4 aromatic rings. The first-order valence-corrected chi connectivity index (χ1v) is 12.1. The monoisotopic (exact) mass is 439 g/mol. The zero-order valence-corrected chi connectivity index (χ0v) is 19.2. The van der Waals surface area contributed by atoms with Gasteiger partial charge in [0.15, 0.2) is 0 Å². The first kappa shape index (κ1) is 20.8. The van der Waals surface area contributed by atoms with Crippen LogP contribution in [0.5, 0.6) is 0 Å². The van der Waals surface area contributed by atoms with Gasteiger partial charge in [0, 0.05) is 36.0 Å². The van der Waals surface area contributed by atoms with Gasteiger partial charge in [0.05, 0.1) is 17.6 Å². The minimum Gasteiger partial charge on any atom is -0.611 e. The molecule has 8 heteroatoms. The number of unbranched alkanes of at least 4 members (excludes halogenated alkanes) is 1. The molecule has 1 unspecified atom stereocenters. The number of imidazole rings is 1. The van der Waals surface area contributed by atoms with E-state index in [1.807, 2.05) is 50.0 Å². The molecule has 0 aliphatic heterocycles. The average molecular weight is 440 g/mol. The summed E-state index contributed by atoms with van der Waals surface area (Å²) in [4.78, 5) is 14.4. The van der Waals surface area contributed by atoms with Crippen LogP contribution in [-0.4, -0.2) is 29.8 Å². The van der Waals surface area contributed by atoms with Crippen molar-refractivity contribution >= 4 is 38.4 Å². The SMILES string of the molecule is CCCC[S+]([O-])c1sc2nc(-c3cnccc3C)cc(-c3cnc(C)n3C)c2c1N. The molecule has 0 radical (unpaired) electrons. The van der Waals surface area contributed by atoms with E-state index in [1.54, 1.807) is 6.20 Å². The number of nitrogens with two attached hydrogens (primary N) is 1. The van der Waals surface area contributed by atoms with E-state index < -0.39 is 11.2 Å². The topological polar surface area (TPSA) is 92.7 Å². The number of anilines is 1. The molecule has 0 aliphatic rings. The fraction of sp³-hybridized carbons (Fsp3) is 0.318. The first-order valence-electron chi connectivity index (χ1n) is 9.93. The summed E-state index contributed by atoms with van der Waals surface area (Å²) in [7, 11) is 1.99. The van der Waals surface area contributed by atoms with Gasteiger partial charge in [-0.3, -0.25) is 4.98 Å². The minimum atomic E-state index is -1.13. The zero-order valence-electron chi connectivity index (χ0n) is 17.6. The molecule has 4 aromatic heterocycles. The van der Waals surface area contributed by atoms with Gasteiger partial charge in [-0.25, -0.2) is 9.97 Å². The highest BCUT2D eigenvalue weighted by Gasteiger charge is 2.25. The molecule has 1 atom stereocenters. The predicted octanol–water partition coefficient (Wildman–Crippen LogP) is 4.87. The van der Waals surface area contributed by atoms with Gasteiger partial charge in [-0.15, -0.1) is 0 Å². The number of thiophene rings is 1. The van der Waals surface area contributed by atoms with Crippen molar-refractivity contribution in [3.63, 3.8) is 0 Å². The predicted molar refractivity (Wildman–Crippen MR) is 125 cm³/mol. The normalized spacial score (nSPS) is 12.6. The maximum absolute atomic E-state index is 12.9. The third kappa shape index (κ3) is 3.59. The lowest BCUT2D eigenvalue weighted by Gasteiger charge is -2.11. The number of hydrogen-bond donors (Lipinski definition) is 1. The van der Waals surface area contributed by atoms with Gasteiger partial charge >= 0.3 is 0 Å². The highest BCUT2D eigenvalue weighted by atomic mass is 32.2. The summed E-state index contributed by atoms with van der Waals surface area (Å²) in [6, 6.07) is 4.02. The Hall–Kier alpha value is -2.42. The summed E-state index contributed by atoms with van der Waals surface area (Å²) in [6.07, 6.45) is 7.37. The van der Waals surface area contributed by atoms with E-state index in [2.05, 4.69) is 16.9 Å². The van der Waals surface area contributed by atoms with Gasteiger partial charge in [-0.2, -0.15) is 0 Å². The van der Waals surface area contributed by atoms with Crippen LogP contribution in [0, 0.1) is 13.8 Å². The summed E-state index contributed by atoms with van der Waals surface area (Å²) in [5, 5.41) is 0.855. The van der Waals surface area contributed by atoms with Crippen LogP contribution in [0.1, 0.15) is 31.2 Å². The zero-order chi connectivity index (χ0) is 21.4. The summed E-state index contributed by atoms with van der Waals surface area (Å²) < 4.78 is 15.7. The number of aryl methyl sites for hydroxylation is 2. The van der Waals surface area contributed by atoms with Crippen molar-refractivity contribution in [2.75, 3.05) is 11.5 Å². The highest BCUT2D eigenvalue weighted by molar-refractivity contribution is 7.93. The van der Waals surface area contributed by atoms with E-state index in [0.717, 1.165) is 57.0 Å². The van der Waals surface area contributed by atoms with Crippen LogP contribution in [0.3, 0.4) is 0 Å². The molecular weight excluding hydrogens is 414 g/mol. The second-order valence-electron chi connectivity index (χ2n) is 7.38. The molecule has 0 aliphatic carbocycles. The molecule has 156 valence electrons. The van der Waals surface area contributed by atoms with Crippen LogP contribution in [-0.2, 0) is 18.2 Å². The third-order valence-electron chi connectivity index (χ3n) is 5.37. The Kier molecular flexibility index (Phi) is 5.81. The molecule has 0 saturated carbocycles. The van der Waals surface area contributed by atoms with Crippen molar-refractivity contribution in [3.05, 3.63) is 42.1 Å². The largest absolute Gasteiger partial charge is 0.611 e. The molecule has 0 saturated heterocycles. The Morgan fingerprint density at radius 3 is 2.70 bits per heavy atom. The van der Waals surface area contributed by atoms with Crippen LogP contribution >= 0.6 is 11.3 Å². The molecule has 4 rings (SSSR count). The smallest absolute Gasteiger partial charge is 0.232 e. The molecule has 0 amide bonds. The van der Waals surface area contributed by atoms with Crippen molar-refractivity contribution < 1.29 is 4.55 Å². The molecule has 4 heterocycles. The second-order valence-corrected chi connectivity index (χ2v) is 10.1. The Morgan fingerprint density at radius 2 is 2.03 bits per heavy atom. The number of nitrogens with zero attached hydrogens (tertiary/aromatic N) is 4. The van der Waals surface area contributed by atoms with Crippen LogP contribution in [0.15, 0.2) is 34.9 Å². The lowest BCUT2D eigenvalue weighted by Crippen LogP contribution is -2.07. The van der Waals surface area contributed by atoms with E-state index in [9.17, 15) is 4.55 Å². The van der Waals surface area contributed by atoms with Gasteiger partial charge in [0.1, 0.15) is 22.1 Å². The maximum Gasteiger partial charge on any atom is 0.232 e. The maximum atomic E-state index is 12.9. The van der Waals surface area contributed by atoms with Gasteiger partial charge in [0.2, 0.25) is 4.21 Å². The third-order valence-corrected chi connectivity index (χ3v) is 8.36. The van der Waals surface area contributed by atoms with Gasteiger partial charge in [-0.05, 0) is 49.1 Å². The van der Waals surface area contributed by atoms with Crippen molar-refractivity contribution in [1.29, 1.82) is 0 Å². The number of fused-ring (bicyclic) bond motifs is 1. The molecule has 0 fully saturated rings. The standard InChI is InChI=1S/C22H25N5OS2/c1-5-6-9-30(28)22-20(23)19-15(18-12-25-14(3)27(18)4)10-17(26-21(19)29-22)16-11-24-8-7-13(16)2/h7-8,10-12H,5-6,9,23H2,1-4H3. The Bertz CT molecular complexity index is 1210. The Morgan fingerprint density at radius 1 is 1.23 bits per heavy atom. The van der Waals surface area contributed by atoms with E-state index in [-0.39, 0.29) is 0 Å². The van der Waals surface area contributed by atoms with Crippen molar-refractivity contribution in [1.82, 2.24) is 19.5 Å². The summed E-state index contributed by atoms with van der Waals surface area (Å²) in [6.45, 7) is 6.11. The Balaban J connectivity index is 1.99. The minimum absolute atomic E-state index is 0.570. The molecule has 0 bridgehead atoms. The highest BCUT2D eigenvalue weighted by Crippen LogP contribution is 2.43. The molecule has 6 nitrogen and oxygen atoms in total. The number of hydrogen-bond acceptors (Lipinski definition) is 6. The van der Waals surface area contributed by atoms with Crippen molar-refractivity contribution in [3.8, 4) is 22.5 Å². The molecule has 0 aromatic carbocycles. The van der Waals surface area contributed by atoms with E-state index >= 15 is 0 Å². The summed E-state index contributed by atoms with van der Waals surface area (Å²) in [5.74, 6) is 1.53. The molecule has 30 heavy (non-hydrogen) atoms.